The van der Waals surface area contributed by atoms with Crippen molar-refractivity contribution in [3.8, 4) is 6.07 Å². The molecule has 3 rings (SSSR count). The quantitative estimate of drug-likeness (QED) is 0.744. The normalized spacial score (nSPS) is 17.2. The molecule has 0 radical (unpaired) electrons. The van der Waals surface area contributed by atoms with Gasteiger partial charge in [0.25, 0.3) is 0 Å². The van der Waals surface area contributed by atoms with Gasteiger partial charge in [0, 0.05) is 29.5 Å². The molecule has 0 aliphatic carbocycles. The number of carbonyl (C=O) groups is 1. The van der Waals surface area contributed by atoms with E-state index in [0.717, 1.165) is 42.4 Å². The molecule has 1 N–H and O–H groups in total. The minimum atomic E-state index is -3.76. The van der Waals surface area contributed by atoms with Crippen LogP contribution in [0.15, 0.2) is 36.4 Å². The Morgan fingerprint density at radius 1 is 1.23 bits per heavy atom. The van der Waals surface area contributed by atoms with Crippen LogP contribution >= 0.6 is 0 Å². The highest BCUT2D eigenvalue weighted by Gasteiger charge is 2.26. The molecule has 8 heteroatoms. The number of benzene rings is 2. The van der Waals surface area contributed by atoms with Crippen molar-refractivity contribution in [1.29, 1.82) is 5.26 Å². The first-order chi connectivity index (χ1) is 14.6. The Morgan fingerprint density at radius 2 is 1.94 bits per heavy atom. The van der Waals surface area contributed by atoms with Gasteiger partial charge in [0.1, 0.15) is 5.60 Å². The number of anilines is 1. The Labute approximate surface area is 184 Å². The summed E-state index contributed by atoms with van der Waals surface area (Å²) in [6.07, 6.45) is 1.41. The first-order valence-electron chi connectivity index (χ1n) is 10.5. The van der Waals surface area contributed by atoms with Crippen LogP contribution in [0, 0.1) is 17.2 Å². The number of amides is 1. The summed E-state index contributed by atoms with van der Waals surface area (Å²) in [5.41, 5.74) is 0.953. The second kappa shape index (κ2) is 9.15. The van der Waals surface area contributed by atoms with Crippen LogP contribution in [0.1, 0.15) is 45.6 Å². The van der Waals surface area contributed by atoms with Gasteiger partial charge in [-0.15, -0.1) is 0 Å². The van der Waals surface area contributed by atoms with Crippen molar-refractivity contribution in [3.63, 3.8) is 0 Å². The molecule has 0 bridgehead atoms. The number of piperidine rings is 1. The molecule has 0 spiro atoms. The van der Waals surface area contributed by atoms with Gasteiger partial charge < -0.3 is 9.64 Å². The van der Waals surface area contributed by atoms with Gasteiger partial charge in [0.2, 0.25) is 10.0 Å². The van der Waals surface area contributed by atoms with Gasteiger partial charge in [0.15, 0.2) is 0 Å². The van der Waals surface area contributed by atoms with Crippen LogP contribution in [-0.4, -0.2) is 39.0 Å². The van der Waals surface area contributed by atoms with Crippen molar-refractivity contribution < 1.29 is 17.9 Å². The van der Waals surface area contributed by atoms with Gasteiger partial charge in [-0.05, 0) is 58.1 Å². The number of nitrogens with one attached hydrogen (secondary N) is 1. The van der Waals surface area contributed by atoms with E-state index in [1.807, 2.05) is 41.1 Å². The SMILES string of the molecule is CC(C)(C)OC(=O)NS(=O)(=O)CCC1CCCN(c2ccc(C#N)c3ccccc23)C1. The first kappa shape index (κ1) is 22.9. The highest BCUT2D eigenvalue weighted by Crippen LogP contribution is 2.32. The van der Waals surface area contributed by atoms with E-state index < -0.39 is 21.7 Å². The number of nitrogens with zero attached hydrogens (tertiary/aromatic N) is 2. The standard InChI is InChI=1S/C23H29N3O4S/c1-23(2,3)30-22(27)25-31(28,29)14-12-17-7-6-13-26(16-17)21-11-10-18(15-24)19-8-4-5-9-20(19)21/h4-5,8-11,17H,6-7,12-14,16H2,1-3H3,(H,25,27). The molecule has 0 aromatic heterocycles. The average Bonchev–Trinajstić information content (AvgIpc) is 2.70. The summed E-state index contributed by atoms with van der Waals surface area (Å²) in [6, 6.07) is 13.9. The Hall–Kier alpha value is -2.79. The molecule has 1 atom stereocenters. The van der Waals surface area contributed by atoms with Gasteiger partial charge in [-0.1, -0.05) is 24.3 Å². The van der Waals surface area contributed by atoms with E-state index in [1.165, 1.54) is 0 Å². The molecule has 2 aromatic carbocycles. The Morgan fingerprint density at radius 3 is 2.61 bits per heavy atom. The fourth-order valence-electron chi connectivity index (χ4n) is 3.97. The summed E-state index contributed by atoms with van der Waals surface area (Å²) < 4.78 is 31.7. The smallest absolute Gasteiger partial charge is 0.421 e. The Bertz CT molecular complexity index is 1100. The van der Waals surface area contributed by atoms with Crippen molar-refractivity contribution in [2.75, 3.05) is 23.7 Å². The van der Waals surface area contributed by atoms with Crippen LogP contribution in [-0.2, 0) is 14.8 Å². The van der Waals surface area contributed by atoms with Gasteiger partial charge >= 0.3 is 6.09 Å². The van der Waals surface area contributed by atoms with Crippen LogP contribution < -0.4 is 9.62 Å². The summed E-state index contributed by atoms with van der Waals surface area (Å²) in [7, 11) is -3.76. The van der Waals surface area contributed by atoms with Crippen LogP contribution in [0.5, 0.6) is 0 Å². The van der Waals surface area contributed by atoms with E-state index in [-0.39, 0.29) is 11.7 Å². The number of hydrogen-bond donors (Lipinski definition) is 1. The number of hydrogen-bond acceptors (Lipinski definition) is 6. The first-order valence-corrected chi connectivity index (χ1v) is 12.1. The summed E-state index contributed by atoms with van der Waals surface area (Å²) in [6.45, 7) is 6.67. The number of nitriles is 1. The lowest BCUT2D eigenvalue weighted by molar-refractivity contribution is 0.0570. The molecule has 0 saturated carbocycles. The maximum atomic E-state index is 12.3. The maximum absolute atomic E-state index is 12.3. The van der Waals surface area contributed by atoms with E-state index in [0.29, 0.717) is 12.0 Å². The van der Waals surface area contributed by atoms with Crippen LogP contribution in [0.2, 0.25) is 0 Å². The third-order valence-corrected chi connectivity index (χ3v) is 6.56. The van der Waals surface area contributed by atoms with Gasteiger partial charge in [-0.3, -0.25) is 0 Å². The molecule has 31 heavy (non-hydrogen) atoms. The largest absolute Gasteiger partial charge is 0.443 e. The van der Waals surface area contributed by atoms with E-state index >= 15 is 0 Å². The number of carbonyl (C=O) groups excluding carboxylic acids is 1. The van der Waals surface area contributed by atoms with Crippen LogP contribution in [0.4, 0.5) is 10.5 Å². The monoisotopic (exact) mass is 443 g/mol. The van der Waals surface area contributed by atoms with E-state index in [1.54, 1.807) is 20.8 Å². The second-order valence-electron chi connectivity index (χ2n) is 8.96. The summed E-state index contributed by atoms with van der Waals surface area (Å²) >= 11 is 0. The fourth-order valence-corrected chi connectivity index (χ4v) is 5.02. The summed E-state index contributed by atoms with van der Waals surface area (Å²) in [4.78, 5) is 14.1. The highest BCUT2D eigenvalue weighted by atomic mass is 32.2. The highest BCUT2D eigenvalue weighted by molar-refractivity contribution is 7.90. The zero-order valence-electron chi connectivity index (χ0n) is 18.2. The Balaban J connectivity index is 1.66. The summed E-state index contributed by atoms with van der Waals surface area (Å²) in [5, 5.41) is 11.3. The maximum Gasteiger partial charge on any atom is 0.421 e. The molecule has 1 saturated heterocycles. The lowest BCUT2D eigenvalue weighted by atomic mass is 9.94. The second-order valence-corrected chi connectivity index (χ2v) is 10.8. The molecule has 1 aliphatic heterocycles. The molecular formula is C23H29N3O4S. The van der Waals surface area contributed by atoms with Gasteiger partial charge in [-0.25, -0.2) is 17.9 Å². The lowest BCUT2D eigenvalue weighted by Gasteiger charge is -2.35. The number of sulfonamides is 1. The zero-order chi connectivity index (χ0) is 22.6. The fraction of sp³-hybridized carbons (Fsp3) is 0.478. The number of rotatable bonds is 5. The number of ether oxygens (including phenoxy) is 1. The average molecular weight is 444 g/mol. The third-order valence-electron chi connectivity index (χ3n) is 5.31. The molecule has 2 aromatic rings. The minimum Gasteiger partial charge on any atom is -0.443 e. The molecule has 1 fully saturated rings. The topological polar surface area (TPSA) is 99.5 Å². The minimum absolute atomic E-state index is 0.126. The summed E-state index contributed by atoms with van der Waals surface area (Å²) in [5.74, 6) is 0.0668. The van der Waals surface area contributed by atoms with Crippen molar-refractivity contribution >= 4 is 32.6 Å². The van der Waals surface area contributed by atoms with Crippen molar-refractivity contribution in [2.24, 2.45) is 5.92 Å². The van der Waals surface area contributed by atoms with Crippen LogP contribution in [0.3, 0.4) is 0 Å². The molecule has 1 amide bonds. The molecule has 1 unspecified atom stereocenters. The van der Waals surface area contributed by atoms with Crippen molar-refractivity contribution in [3.05, 3.63) is 42.0 Å². The number of fused-ring (bicyclic) bond motifs is 1. The molecule has 166 valence electrons. The molecule has 1 aliphatic rings. The lowest BCUT2D eigenvalue weighted by Crippen LogP contribution is -2.39. The predicted molar refractivity (Wildman–Crippen MR) is 121 cm³/mol. The van der Waals surface area contributed by atoms with Crippen molar-refractivity contribution in [2.45, 2.75) is 45.6 Å². The zero-order valence-corrected chi connectivity index (χ0v) is 19.0. The van der Waals surface area contributed by atoms with Gasteiger partial charge in [0.05, 0.1) is 17.4 Å². The third kappa shape index (κ3) is 6.11. The van der Waals surface area contributed by atoms with Crippen molar-refractivity contribution in [1.82, 2.24) is 4.72 Å². The van der Waals surface area contributed by atoms with E-state index in [9.17, 15) is 18.5 Å². The van der Waals surface area contributed by atoms with Crippen LogP contribution in [0.25, 0.3) is 10.8 Å². The molecule has 1 heterocycles. The molecular weight excluding hydrogens is 414 g/mol. The molecule has 7 nitrogen and oxygen atoms in total. The van der Waals surface area contributed by atoms with Gasteiger partial charge in [-0.2, -0.15) is 5.26 Å². The van der Waals surface area contributed by atoms with E-state index in [2.05, 4.69) is 11.0 Å². The Kier molecular flexibility index (Phi) is 6.75. The van der Waals surface area contributed by atoms with E-state index in [4.69, 9.17) is 4.74 Å². The predicted octanol–water partition coefficient (Wildman–Crippen LogP) is 4.17.